The lowest BCUT2D eigenvalue weighted by Crippen LogP contribution is -2.24. The van der Waals surface area contributed by atoms with E-state index in [4.69, 9.17) is 0 Å². The molecule has 0 aliphatic heterocycles. The van der Waals surface area contributed by atoms with Crippen LogP contribution in [-0.4, -0.2) is 37.9 Å². The number of halogens is 8. The van der Waals surface area contributed by atoms with Crippen molar-refractivity contribution in [1.82, 2.24) is 0 Å². The molecule has 104 valence electrons. The maximum atomic E-state index is 12.5. The molecule has 0 heterocycles. The second-order valence-corrected chi connectivity index (χ2v) is 3.37. The fourth-order valence-corrected chi connectivity index (χ4v) is 0.944. The molecule has 2 unspecified atom stereocenters. The van der Waals surface area contributed by atoms with Gasteiger partial charge in [-0.3, -0.25) is 0 Å². The number of hydrogen-bond acceptors (Lipinski definition) is 1. The Kier molecular flexibility index (Phi) is 6.14. The normalized spacial score (nSPS) is 16.9. The molecule has 0 bridgehead atoms. The molecule has 0 aliphatic carbocycles. The van der Waals surface area contributed by atoms with Crippen molar-refractivity contribution in [2.45, 2.75) is 37.5 Å². The lowest BCUT2D eigenvalue weighted by molar-refractivity contribution is -0.156. The first kappa shape index (κ1) is 16.4. The molecule has 0 N–H and O–H groups in total. The zero-order chi connectivity index (χ0) is 13.7. The summed E-state index contributed by atoms with van der Waals surface area (Å²) in [7, 11) is 0. The van der Waals surface area contributed by atoms with Crippen molar-refractivity contribution in [2.24, 2.45) is 0 Å². The molecule has 0 rings (SSSR count). The van der Waals surface area contributed by atoms with Gasteiger partial charge in [-0.2, -0.15) is 26.3 Å². The van der Waals surface area contributed by atoms with Crippen molar-refractivity contribution < 1.29 is 39.9 Å². The minimum atomic E-state index is -4.73. The van der Waals surface area contributed by atoms with Gasteiger partial charge in [0.25, 0.3) is 0 Å². The van der Waals surface area contributed by atoms with Gasteiger partial charge in [0.05, 0.1) is 26.1 Å². The van der Waals surface area contributed by atoms with E-state index in [1.54, 1.807) is 0 Å². The van der Waals surface area contributed by atoms with E-state index < -0.39 is 50.8 Å². The van der Waals surface area contributed by atoms with Crippen molar-refractivity contribution in [3.05, 3.63) is 0 Å². The Balaban J connectivity index is 3.70. The molecule has 0 fully saturated rings. The Labute approximate surface area is 91.7 Å². The van der Waals surface area contributed by atoms with Crippen LogP contribution in [0.4, 0.5) is 35.1 Å². The Morgan fingerprint density at radius 3 is 1.24 bits per heavy atom. The maximum absolute atomic E-state index is 12.5. The van der Waals surface area contributed by atoms with Gasteiger partial charge in [0.1, 0.15) is 12.3 Å². The van der Waals surface area contributed by atoms with Crippen LogP contribution in [0.2, 0.25) is 0 Å². The minimum Gasteiger partial charge on any atom is -0.375 e. The van der Waals surface area contributed by atoms with Crippen LogP contribution in [0.15, 0.2) is 0 Å². The van der Waals surface area contributed by atoms with Gasteiger partial charge in [0.2, 0.25) is 0 Å². The summed E-state index contributed by atoms with van der Waals surface area (Å²) in [6, 6.07) is 0. The lowest BCUT2D eigenvalue weighted by Gasteiger charge is -2.14. The fraction of sp³-hybridized carbons (Fsp3) is 1.00. The molecule has 17 heavy (non-hydrogen) atoms. The maximum Gasteiger partial charge on any atom is 0.391 e. The Hall–Kier alpha value is -0.600. The van der Waals surface area contributed by atoms with Crippen molar-refractivity contribution in [2.75, 3.05) is 13.2 Å². The number of rotatable bonds is 6. The highest BCUT2D eigenvalue weighted by atomic mass is 19.4. The standard InChI is InChI=1S/C8H10F8O/c9-5(1-7(11,12)13)3-17-4-6(10)2-8(14,15)16/h5-6H,1-4H2. The molecule has 1 nitrogen and oxygen atoms in total. The molecule has 0 spiro atoms. The topological polar surface area (TPSA) is 9.23 Å². The highest BCUT2D eigenvalue weighted by Crippen LogP contribution is 2.24. The van der Waals surface area contributed by atoms with Gasteiger partial charge in [-0.25, -0.2) is 8.78 Å². The number of ether oxygens (including phenoxy) is 1. The Morgan fingerprint density at radius 1 is 0.706 bits per heavy atom. The third-order valence-corrected chi connectivity index (χ3v) is 1.50. The quantitative estimate of drug-likeness (QED) is 0.673. The van der Waals surface area contributed by atoms with Gasteiger partial charge >= 0.3 is 12.4 Å². The summed E-state index contributed by atoms with van der Waals surface area (Å²) in [5.41, 5.74) is 0. The summed E-state index contributed by atoms with van der Waals surface area (Å²) < 4.78 is 98.7. The molecule has 0 aliphatic rings. The van der Waals surface area contributed by atoms with Crippen molar-refractivity contribution >= 4 is 0 Å². The van der Waals surface area contributed by atoms with Gasteiger partial charge in [-0.1, -0.05) is 0 Å². The fourth-order valence-electron chi connectivity index (χ4n) is 0.944. The van der Waals surface area contributed by atoms with Crippen LogP contribution in [0, 0.1) is 0 Å². The van der Waals surface area contributed by atoms with E-state index in [9.17, 15) is 35.1 Å². The molecule has 0 aromatic carbocycles. The number of alkyl halides is 8. The lowest BCUT2D eigenvalue weighted by atomic mass is 10.2. The Morgan fingerprint density at radius 2 is 1.00 bits per heavy atom. The van der Waals surface area contributed by atoms with Crippen molar-refractivity contribution in [3.63, 3.8) is 0 Å². The molecule has 0 amide bonds. The van der Waals surface area contributed by atoms with E-state index >= 15 is 0 Å². The molecule has 0 aromatic heterocycles. The summed E-state index contributed by atoms with van der Waals surface area (Å²) in [6.45, 7) is -2.17. The third-order valence-electron chi connectivity index (χ3n) is 1.50. The van der Waals surface area contributed by atoms with Crippen LogP contribution < -0.4 is 0 Å². The molecule has 0 saturated carbocycles. The van der Waals surface area contributed by atoms with E-state index in [0.29, 0.717) is 0 Å². The van der Waals surface area contributed by atoms with Gasteiger partial charge in [0, 0.05) is 0 Å². The van der Waals surface area contributed by atoms with Crippen LogP contribution in [0.25, 0.3) is 0 Å². The van der Waals surface area contributed by atoms with E-state index in [1.807, 2.05) is 0 Å². The molecular weight excluding hydrogens is 264 g/mol. The van der Waals surface area contributed by atoms with Gasteiger partial charge < -0.3 is 4.74 Å². The van der Waals surface area contributed by atoms with Crippen LogP contribution >= 0.6 is 0 Å². The first-order valence-electron chi connectivity index (χ1n) is 4.49. The van der Waals surface area contributed by atoms with Gasteiger partial charge in [-0.15, -0.1) is 0 Å². The van der Waals surface area contributed by atoms with Crippen LogP contribution in [-0.2, 0) is 4.74 Å². The van der Waals surface area contributed by atoms with Gasteiger partial charge in [-0.05, 0) is 0 Å². The van der Waals surface area contributed by atoms with Crippen LogP contribution in [0.3, 0.4) is 0 Å². The molecule has 0 radical (unpaired) electrons. The van der Waals surface area contributed by atoms with E-state index in [1.165, 1.54) is 0 Å². The average molecular weight is 274 g/mol. The predicted octanol–water partition coefficient (Wildman–Crippen LogP) is 3.58. The first-order valence-corrected chi connectivity index (χ1v) is 4.49. The zero-order valence-corrected chi connectivity index (χ0v) is 8.42. The second-order valence-electron chi connectivity index (χ2n) is 3.37. The Bertz CT molecular complexity index is 189. The molecule has 2 atom stereocenters. The van der Waals surface area contributed by atoms with Crippen molar-refractivity contribution in [3.8, 4) is 0 Å². The summed E-state index contributed by atoms with van der Waals surface area (Å²) >= 11 is 0. The first-order chi connectivity index (χ1) is 7.49. The largest absolute Gasteiger partial charge is 0.391 e. The predicted molar refractivity (Wildman–Crippen MR) is 42.0 cm³/mol. The summed E-state index contributed by atoms with van der Waals surface area (Å²) in [5, 5.41) is 0. The summed E-state index contributed by atoms with van der Waals surface area (Å²) in [4.78, 5) is 0. The third kappa shape index (κ3) is 11.7. The van der Waals surface area contributed by atoms with Crippen molar-refractivity contribution in [1.29, 1.82) is 0 Å². The molecule has 0 aromatic rings. The SMILES string of the molecule is FC(COCC(F)CC(F)(F)F)CC(F)(F)F. The van der Waals surface area contributed by atoms with Crippen LogP contribution in [0.5, 0.6) is 0 Å². The van der Waals surface area contributed by atoms with E-state index in [0.717, 1.165) is 0 Å². The highest BCUT2D eigenvalue weighted by Gasteiger charge is 2.34. The van der Waals surface area contributed by atoms with Gasteiger partial charge in [0.15, 0.2) is 0 Å². The smallest absolute Gasteiger partial charge is 0.375 e. The number of hydrogen-bond donors (Lipinski definition) is 0. The van der Waals surface area contributed by atoms with E-state index in [-0.39, 0.29) is 0 Å². The minimum absolute atomic E-state index is 1.09. The monoisotopic (exact) mass is 274 g/mol. The zero-order valence-electron chi connectivity index (χ0n) is 8.42. The second kappa shape index (κ2) is 6.36. The average Bonchev–Trinajstić information content (AvgIpc) is 1.95. The molecule has 0 saturated heterocycles. The summed E-state index contributed by atoms with van der Waals surface area (Å²) in [6.07, 6.45) is -17.8. The van der Waals surface area contributed by atoms with E-state index in [2.05, 4.69) is 4.74 Å². The van der Waals surface area contributed by atoms with Crippen LogP contribution in [0.1, 0.15) is 12.8 Å². The highest BCUT2D eigenvalue weighted by molar-refractivity contribution is 4.64. The molecule has 9 heteroatoms. The molecular formula is C8H10F8O. The summed E-state index contributed by atoms with van der Waals surface area (Å²) in [5.74, 6) is 0.